The number of ether oxygens (including phenoxy) is 1. The normalized spacial score (nSPS) is 30.5. The lowest BCUT2D eigenvalue weighted by Crippen LogP contribution is -2.40. The van der Waals surface area contributed by atoms with Crippen LogP contribution in [0.2, 0.25) is 0 Å². The quantitative estimate of drug-likeness (QED) is 0.936. The molecule has 1 aliphatic carbocycles. The van der Waals surface area contributed by atoms with Gasteiger partial charge in [-0.2, -0.15) is 0 Å². The molecule has 2 atom stereocenters. The predicted octanol–water partition coefficient (Wildman–Crippen LogP) is 3.53. The Morgan fingerprint density at radius 1 is 1.14 bits per heavy atom. The SMILES string of the molecule is COCC12CNCCC1(c1ccc3ccccc3c1)C2.Cl. The fourth-order valence-corrected chi connectivity index (χ4v) is 4.30. The maximum Gasteiger partial charge on any atom is 0.0539 e. The van der Waals surface area contributed by atoms with Crippen molar-refractivity contribution < 1.29 is 4.74 Å². The van der Waals surface area contributed by atoms with Gasteiger partial charge in [-0.25, -0.2) is 0 Å². The van der Waals surface area contributed by atoms with Gasteiger partial charge in [-0.15, -0.1) is 12.4 Å². The van der Waals surface area contributed by atoms with Crippen LogP contribution < -0.4 is 5.32 Å². The monoisotopic (exact) mass is 303 g/mol. The van der Waals surface area contributed by atoms with Crippen LogP contribution in [0.3, 0.4) is 0 Å². The molecule has 1 N–H and O–H groups in total. The smallest absolute Gasteiger partial charge is 0.0539 e. The molecule has 2 aromatic carbocycles. The highest BCUT2D eigenvalue weighted by atomic mass is 35.5. The number of halogens is 1. The largest absolute Gasteiger partial charge is 0.384 e. The summed E-state index contributed by atoms with van der Waals surface area (Å²) in [6, 6.07) is 15.7. The van der Waals surface area contributed by atoms with Gasteiger partial charge in [-0.3, -0.25) is 0 Å². The van der Waals surface area contributed by atoms with Crippen molar-refractivity contribution in [2.45, 2.75) is 18.3 Å². The summed E-state index contributed by atoms with van der Waals surface area (Å²) >= 11 is 0. The summed E-state index contributed by atoms with van der Waals surface area (Å²) in [4.78, 5) is 0. The van der Waals surface area contributed by atoms with Crippen molar-refractivity contribution in [2.24, 2.45) is 5.41 Å². The molecule has 1 saturated heterocycles. The van der Waals surface area contributed by atoms with E-state index in [9.17, 15) is 0 Å². The molecule has 1 saturated carbocycles. The van der Waals surface area contributed by atoms with Crippen molar-refractivity contribution in [3.8, 4) is 0 Å². The molecule has 3 heteroatoms. The van der Waals surface area contributed by atoms with E-state index in [1.54, 1.807) is 0 Å². The first-order chi connectivity index (χ1) is 9.80. The molecular weight excluding hydrogens is 282 g/mol. The van der Waals surface area contributed by atoms with Crippen LogP contribution in [-0.4, -0.2) is 26.8 Å². The first-order valence-electron chi connectivity index (χ1n) is 7.49. The van der Waals surface area contributed by atoms with Gasteiger partial charge in [0.05, 0.1) is 6.61 Å². The summed E-state index contributed by atoms with van der Waals surface area (Å²) in [5, 5.41) is 6.24. The van der Waals surface area contributed by atoms with Crippen molar-refractivity contribution in [2.75, 3.05) is 26.8 Å². The van der Waals surface area contributed by atoms with Crippen LogP contribution >= 0.6 is 12.4 Å². The van der Waals surface area contributed by atoms with Crippen LogP contribution in [0.5, 0.6) is 0 Å². The minimum absolute atomic E-state index is 0. The fraction of sp³-hybridized carbons (Fsp3) is 0.444. The summed E-state index contributed by atoms with van der Waals surface area (Å²) in [5.74, 6) is 0. The van der Waals surface area contributed by atoms with Crippen LogP contribution in [0.25, 0.3) is 10.8 Å². The summed E-state index contributed by atoms with van der Waals surface area (Å²) in [6.07, 6.45) is 2.49. The van der Waals surface area contributed by atoms with Gasteiger partial charge < -0.3 is 10.1 Å². The highest BCUT2D eigenvalue weighted by molar-refractivity contribution is 5.85. The molecule has 0 amide bonds. The molecule has 0 aromatic heterocycles. The Hall–Kier alpha value is -1.09. The highest BCUT2D eigenvalue weighted by Gasteiger charge is 2.68. The van der Waals surface area contributed by atoms with Crippen LogP contribution in [0.1, 0.15) is 18.4 Å². The molecular formula is C18H22ClNO. The van der Waals surface area contributed by atoms with Gasteiger partial charge in [-0.1, -0.05) is 42.5 Å². The third kappa shape index (κ3) is 2.09. The average Bonchev–Trinajstić information content (AvgIpc) is 3.17. The Morgan fingerprint density at radius 2 is 1.95 bits per heavy atom. The van der Waals surface area contributed by atoms with Crippen molar-refractivity contribution in [1.82, 2.24) is 5.32 Å². The van der Waals surface area contributed by atoms with E-state index in [4.69, 9.17) is 4.74 Å². The zero-order chi connectivity index (χ0) is 13.6. The van der Waals surface area contributed by atoms with E-state index in [0.717, 1.165) is 19.7 Å². The summed E-state index contributed by atoms with van der Waals surface area (Å²) in [6.45, 7) is 3.08. The Balaban J connectivity index is 0.00000132. The number of nitrogens with one attached hydrogen (secondary N) is 1. The minimum Gasteiger partial charge on any atom is -0.384 e. The number of hydrogen-bond donors (Lipinski definition) is 1. The number of rotatable bonds is 3. The van der Waals surface area contributed by atoms with Gasteiger partial charge in [-0.05, 0) is 35.7 Å². The van der Waals surface area contributed by atoms with Gasteiger partial charge in [0.2, 0.25) is 0 Å². The molecule has 1 aliphatic heterocycles. The molecule has 0 radical (unpaired) electrons. The van der Waals surface area contributed by atoms with E-state index in [-0.39, 0.29) is 12.4 Å². The molecule has 112 valence electrons. The average molecular weight is 304 g/mol. The van der Waals surface area contributed by atoms with E-state index in [2.05, 4.69) is 47.8 Å². The van der Waals surface area contributed by atoms with Gasteiger partial charge in [0.1, 0.15) is 0 Å². The second-order valence-electron chi connectivity index (χ2n) is 6.46. The summed E-state index contributed by atoms with van der Waals surface area (Å²) in [5.41, 5.74) is 2.18. The first-order valence-corrected chi connectivity index (χ1v) is 7.49. The van der Waals surface area contributed by atoms with E-state index >= 15 is 0 Å². The third-order valence-corrected chi connectivity index (χ3v) is 5.44. The van der Waals surface area contributed by atoms with Crippen molar-refractivity contribution >= 4 is 23.2 Å². The molecule has 21 heavy (non-hydrogen) atoms. The second kappa shape index (κ2) is 5.28. The maximum atomic E-state index is 5.52. The van der Waals surface area contributed by atoms with E-state index in [1.807, 2.05) is 7.11 Å². The van der Waals surface area contributed by atoms with E-state index in [0.29, 0.717) is 10.8 Å². The number of fused-ring (bicyclic) bond motifs is 2. The molecule has 2 nitrogen and oxygen atoms in total. The number of benzene rings is 2. The number of piperidine rings is 1. The van der Waals surface area contributed by atoms with Gasteiger partial charge in [0.15, 0.2) is 0 Å². The Labute approximate surface area is 132 Å². The lowest BCUT2D eigenvalue weighted by atomic mass is 9.80. The minimum atomic E-state index is 0. The maximum absolute atomic E-state index is 5.52. The van der Waals surface area contributed by atoms with Gasteiger partial charge in [0.25, 0.3) is 0 Å². The lowest BCUT2D eigenvalue weighted by molar-refractivity contribution is 0.116. The van der Waals surface area contributed by atoms with Crippen LogP contribution in [0, 0.1) is 5.41 Å². The van der Waals surface area contributed by atoms with Crippen molar-refractivity contribution in [1.29, 1.82) is 0 Å². The standard InChI is InChI=1S/C18H21NO.ClH/c1-20-13-17-11-18(17,8-9-19-12-17)16-7-6-14-4-2-3-5-15(14)10-16;/h2-7,10,19H,8-9,11-13H2,1H3;1H. The van der Waals surface area contributed by atoms with Crippen LogP contribution in [0.4, 0.5) is 0 Å². The summed E-state index contributed by atoms with van der Waals surface area (Å²) in [7, 11) is 1.83. The molecule has 4 rings (SSSR count). The molecule has 0 bridgehead atoms. The highest BCUT2D eigenvalue weighted by Crippen LogP contribution is 2.67. The lowest BCUT2D eigenvalue weighted by Gasteiger charge is -2.31. The predicted molar refractivity (Wildman–Crippen MR) is 89.3 cm³/mol. The first kappa shape index (κ1) is 14.8. The van der Waals surface area contributed by atoms with E-state index in [1.165, 1.54) is 29.2 Å². The Morgan fingerprint density at radius 3 is 2.76 bits per heavy atom. The fourth-order valence-electron chi connectivity index (χ4n) is 4.30. The molecule has 2 unspecified atom stereocenters. The zero-order valence-electron chi connectivity index (χ0n) is 12.4. The van der Waals surface area contributed by atoms with Crippen LogP contribution in [0.15, 0.2) is 42.5 Å². The number of hydrogen-bond acceptors (Lipinski definition) is 2. The molecule has 0 spiro atoms. The molecule has 2 aliphatic rings. The van der Waals surface area contributed by atoms with Gasteiger partial charge >= 0.3 is 0 Å². The van der Waals surface area contributed by atoms with Crippen molar-refractivity contribution in [3.05, 3.63) is 48.0 Å². The topological polar surface area (TPSA) is 21.3 Å². The molecule has 2 aromatic rings. The van der Waals surface area contributed by atoms with Crippen LogP contribution in [-0.2, 0) is 10.2 Å². The molecule has 1 heterocycles. The number of methoxy groups -OCH3 is 1. The third-order valence-electron chi connectivity index (χ3n) is 5.44. The van der Waals surface area contributed by atoms with Gasteiger partial charge in [0, 0.05) is 24.5 Å². The zero-order valence-corrected chi connectivity index (χ0v) is 13.2. The molecule has 2 fully saturated rings. The van der Waals surface area contributed by atoms with Crippen molar-refractivity contribution in [3.63, 3.8) is 0 Å². The Bertz CT molecular complexity index is 654. The second-order valence-corrected chi connectivity index (χ2v) is 6.46. The Kier molecular flexibility index (Phi) is 3.73. The summed E-state index contributed by atoms with van der Waals surface area (Å²) < 4.78 is 5.52. The van der Waals surface area contributed by atoms with E-state index < -0.39 is 0 Å².